The summed E-state index contributed by atoms with van der Waals surface area (Å²) in [4.78, 5) is 0. The summed E-state index contributed by atoms with van der Waals surface area (Å²) in [5.74, 6) is 0. The molecule has 9 heavy (non-hydrogen) atoms. The molecule has 0 aliphatic heterocycles. The van der Waals surface area contributed by atoms with Crippen molar-refractivity contribution in [3.8, 4) is 0 Å². The molecule has 0 amide bonds. The summed E-state index contributed by atoms with van der Waals surface area (Å²) < 4.78 is 5.67. The fourth-order valence-electron chi connectivity index (χ4n) is 0.480. The molecule has 0 unspecified atom stereocenters. The molecular weight excluding hydrogens is 131 g/mol. The van der Waals surface area contributed by atoms with Gasteiger partial charge in [0.1, 0.15) is 0 Å². The van der Waals surface area contributed by atoms with Gasteiger partial charge < -0.3 is 0 Å². The Morgan fingerprint density at radius 2 is 1.78 bits per heavy atom. The first kappa shape index (κ1) is 9.39. The Morgan fingerprint density at radius 1 is 1.22 bits per heavy atom. The van der Waals surface area contributed by atoms with Crippen molar-refractivity contribution < 1.29 is 4.52 Å². The Kier molecular flexibility index (Phi) is 4.43. The van der Waals surface area contributed by atoms with Crippen molar-refractivity contribution in [1.29, 1.82) is 0 Å². The van der Waals surface area contributed by atoms with E-state index in [-0.39, 0.29) is 0 Å². The van der Waals surface area contributed by atoms with E-state index in [1.54, 1.807) is 0 Å². The first-order valence-electron chi connectivity index (χ1n) is 3.76. The second-order valence-corrected chi connectivity index (χ2v) is 7.48. The topological polar surface area (TPSA) is 9.23 Å². The molecule has 0 aromatic rings. The van der Waals surface area contributed by atoms with E-state index in [1.807, 2.05) is 0 Å². The Bertz CT molecular complexity index is 71.3. The molecule has 2 heteroatoms. The minimum absolute atomic E-state index is 0.951. The predicted octanol–water partition coefficient (Wildman–Crippen LogP) is 2.36. The zero-order chi connectivity index (χ0) is 7.33. The summed E-state index contributed by atoms with van der Waals surface area (Å²) >= 11 is 0. The van der Waals surface area contributed by atoms with Crippen LogP contribution in [0.3, 0.4) is 0 Å². The third-order valence-corrected chi connectivity index (χ3v) is 4.24. The van der Waals surface area contributed by atoms with Gasteiger partial charge in [-0.1, -0.05) is 0 Å². The molecule has 0 saturated carbocycles. The maximum atomic E-state index is 5.67. The van der Waals surface area contributed by atoms with Crippen LogP contribution in [0.15, 0.2) is 0 Å². The molecule has 0 aromatic heterocycles. The zero-order valence-corrected chi connectivity index (χ0v) is 8.03. The number of rotatable bonds is 4. The van der Waals surface area contributed by atoms with Crippen LogP contribution in [0.5, 0.6) is 0 Å². The molecule has 0 aliphatic rings. The van der Waals surface area contributed by atoms with Gasteiger partial charge in [0.05, 0.1) is 0 Å². The van der Waals surface area contributed by atoms with Crippen molar-refractivity contribution in [2.45, 2.75) is 20.3 Å². The molecule has 0 rings (SSSR count). The van der Waals surface area contributed by atoms with Crippen molar-refractivity contribution in [2.75, 3.05) is 26.1 Å². The van der Waals surface area contributed by atoms with Gasteiger partial charge in [-0.15, -0.1) is 0 Å². The van der Waals surface area contributed by atoms with Crippen molar-refractivity contribution in [2.24, 2.45) is 0 Å². The quantitative estimate of drug-likeness (QED) is 0.559. The predicted molar refractivity (Wildman–Crippen MR) is 46.9 cm³/mol. The van der Waals surface area contributed by atoms with Gasteiger partial charge >= 0.3 is 58.4 Å². The first-order chi connectivity index (χ1) is 4.12. The molecule has 58 valence electrons. The third-order valence-electron chi connectivity index (χ3n) is 1.55. The molecule has 0 saturated heterocycles. The third kappa shape index (κ3) is 4.87. The Hall–Kier alpha value is 0.390. The normalized spacial score (nSPS) is 13.8. The summed E-state index contributed by atoms with van der Waals surface area (Å²) in [6.45, 7) is 9.85. The average Bonchev–Trinajstić information content (AvgIpc) is 1.84. The van der Waals surface area contributed by atoms with Crippen LogP contribution in [-0.4, -0.2) is 26.1 Å². The Balaban J connectivity index is 3.33. The molecule has 0 fully saturated rings. The van der Waals surface area contributed by atoms with Crippen LogP contribution in [0.25, 0.3) is 0 Å². The van der Waals surface area contributed by atoms with Crippen molar-refractivity contribution in [1.82, 2.24) is 0 Å². The first-order valence-corrected chi connectivity index (χ1v) is 6.88. The average molecular weight is 150 g/mol. The van der Waals surface area contributed by atoms with Gasteiger partial charge in [0.2, 0.25) is 0 Å². The molecule has 1 nitrogen and oxygen atoms in total. The van der Waals surface area contributed by atoms with Crippen molar-refractivity contribution >= 4 is 7.49 Å². The van der Waals surface area contributed by atoms with Gasteiger partial charge in [-0.3, -0.25) is 0 Å². The summed E-state index contributed by atoms with van der Waals surface area (Å²) in [7, 11) is -1.20. The van der Waals surface area contributed by atoms with Crippen LogP contribution < -0.4 is 0 Å². The molecule has 0 bridgehead atoms. The zero-order valence-electron chi connectivity index (χ0n) is 7.03. The fraction of sp³-hybridized carbons (Fsp3) is 1.00. The number of hydrogen-bond donors (Lipinski definition) is 0. The van der Waals surface area contributed by atoms with Gasteiger partial charge in [-0.25, -0.2) is 0 Å². The van der Waals surface area contributed by atoms with Crippen LogP contribution in [0, 0.1) is 0 Å². The van der Waals surface area contributed by atoms with Gasteiger partial charge in [-0.2, -0.15) is 0 Å². The van der Waals surface area contributed by atoms with E-state index in [2.05, 4.69) is 27.2 Å². The van der Waals surface area contributed by atoms with E-state index in [0.29, 0.717) is 0 Å². The maximum absolute atomic E-state index is 5.67. The molecule has 0 heterocycles. The van der Waals surface area contributed by atoms with Crippen LogP contribution in [0.2, 0.25) is 0 Å². The van der Waals surface area contributed by atoms with Gasteiger partial charge in [-0.05, 0) is 0 Å². The van der Waals surface area contributed by atoms with E-state index in [9.17, 15) is 0 Å². The van der Waals surface area contributed by atoms with Crippen LogP contribution in [0.1, 0.15) is 20.3 Å². The van der Waals surface area contributed by atoms with Crippen LogP contribution >= 0.6 is 7.49 Å². The molecule has 0 N–H and O–H groups in total. The van der Waals surface area contributed by atoms with Crippen molar-refractivity contribution in [3.05, 3.63) is 0 Å². The molecular formula is C7H19OP. The second kappa shape index (κ2) is 4.24. The molecule has 0 radical (unpaired) electrons. The molecule has 0 aromatic carbocycles. The summed E-state index contributed by atoms with van der Waals surface area (Å²) in [5, 5.41) is 0. The molecule has 0 aliphatic carbocycles. The van der Waals surface area contributed by atoms with E-state index in [0.717, 1.165) is 13.0 Å². The SMILES string of the molecule is CCCO[PH](C)(C)CC. The van der Waals surface area contributed by atoms with Crippen LogP contribution in [-0.2, 0) is 4.52 Å². The van der Waals surface area contributed by atoms with Crippen molar-refractivity contribution in [3.63, 3.8) is 0 Å². The van der Waals surface area contributed by atoms with Crippen LogP contribution in [0.4, 0.5) is 0 Å². The summed E-state index contributed by atoms with van der Waals surface area (Å²) in [5.41, 5.74) is 0. The standard InChI is InChI=1S/C7H19OP/c1-5-7-8-9(3,4)6-2/h9H,5-7H2,1-4H3. The molecule has 0 atom stereocenters. The monoisotopic (exact) mass is 150 g/mol. The second-order valence-electron chi connectivity index (χ2n) is 2.96. The molecule has 0 spiro atoms. The Morgan fingerprint density at radius 3 is 2.11 bits per heavy atom. The van der Waals surface area contributed by atoms with Gasteiger partial charge in [0, 0.05) is 0 Å². The van der Waals surface area contributed by atoms with E-state index in [1.165, 1.54) is 6.16 Å². The Labute approximate surface area is 59.2 Å². The van der Waals surface area contributed by atoms with E-state index >= 15 is 0 Å². The van der Waals surface area contributed by atoms with E-state index < -0.39 is 7.49 Å². The number of hydrogen-bond acceptors (Lipinski definition) is 1. The van der Waals surface area contributed by atoms with E-state index in [4.69, 9.17) is 4.52 Å². The van der Waals surface area contributed by atoms with Gasteiger partial charge in [0.25, 0.3) is 0 Å². The van der Waals surface area contributed by atoms with Gasteiger partial charge in [0.15, 0.2) is 0 Å². The fourth-order valence-corrected chi connectivity index (χ4v) is 1.44. The minimum atomic E-state index is -1.20. The summed E-state index contributed by atoms with van der Waals surface area (Å²) in [6, 6.07) is 0. The summed E-state index contributed by atoms with van der Waals surface area (Å²) in [6.07, 6.45) is 2.38.